The number of ether oxygens (including phenoxy) is 1. The molecule has 70 valence electrons. The summed E-state index contributed by atoms with van der Waals surface area (Å²) in [4.78, 5) is 9.83. The van der Waals surface area contributed by atoms with Gasteiger partial charge in [0.25, 0.3) is 0 Å². The van der Waals surface area contributed by atoms with Crippen molar-refractivity contribution in [1.29, 1.82) is 0 Å². The van der Waals surface area contributed by atoms with Gasteiger partial charge in [0, 0.05) is 10.5 Å². The maximum Gasteiger partial charge on any atom is 0.229 e. The van der Waals surface area contributed by atoms with Crippen LogP contribution >= 0.6 is 15.9 Å². The first-order chi connectivity index (χ1) is 6.13. The van der Waals surface area contributed by atoms with Crippen LogP contribution in [0, 0.1) is 10.1 Å². The van der Waals surface area contributed by atoms with Gasteiger partial charge in [0.05, 0.1) is 11.6 Å². The van der Waals surface area contributed by atoms with E-state index >= 15 is 0 Å². The van der Waals surface area contributed by atoms with Crippen LogP contribution < -0.4 is 4.74 Å². The molecule has 0 N–H and O–H groups in total. The minimum Gasteiger partial charge on any atom is -0.496 e. The van der Waals surface area contributed by atoms with E-state index in [4.69, 9.17) is 4.74 Å². The van der Waals surface area contributed by atoms with E-state index < -0.39 is 0 Å². The molecule has 5 heteroatoms. The molecule has 4 nitrogen and oxygen atoms in total. The first kappa shape index (κ1) is 9.98. The summed E-state index contributed by atoms with van der Waals surface area (Å²) in [6.07, 6.45) is 0. The van der Waals surface area contributed by atoms with Gasteiger partial charge in [-0.15, -0.1) is 0 Å². The number of rotatable bonds is 3. The van der Waals surface area contributed by atoms with Crippen LogP contribution in [0.25, 0.3) is 0 Å². The minimum absolute atomic E-state index is 0.177. The Labute approximate surface area is 83.8 Å². The number of hydrogen-bond acceptors (Lipinski definition) is 3. The van der Waals surface area contributed by atoms with E-state index in [1.165, 1.54) is 7.11 Å². The van der Waals surface area contributed by atoms with Crippen molar-refractivity contribution in [3.63, 3.8) is 0 Å². The second kappa shape index (κ2) is 4.23. The maximum absolute atomic E-state index is 10.2. The lowest BCUT2D eigenvalue weighted by Crippen LogP contribution is -1.98. The molecule has 1 aromatic carbocycles. The predicted molar refractivity (Wildman–Crippen MR) is 51.4 cm³/mol. The second-order valence-corrected chi connectivity index (χ2v) is 3.31. The van der Waals surface area contributed by atoms with Gasteiger partial charge in [-0.25, -0.2) is 0 Å². The highest BCUT2D eigenvalue weighted by molar-refractivity contribution is 9.10. The minimum atomic E-state index is -0.372. The molecule has 0 bridgehead atoms. The van der Waals surface area contributed by atoms with Gasteiger partial charge < -0.3 is 4.74 Å². The standard InChI is InChI=1S/C8H8BrNO3/c1-13-8-4-6(5-10(11)12)2-3-7(8)9/h2-4H,5H2,1H3. The Hall–Kier alpha value is -1.10. The third-order valence-electron chi connectivity index (χ3n) is 1.53. The van der Waals surface area contributed by atoms with Gasteiger partial charge in [0.15, 0.2) is 0 Å². The lowest BCUT2D eigenvalue weighted by molar-refractivity contribution is -0.496. The van der Waals surface area contributed by atoms with Gasteiger partial charge in [-0.3, -0.25) is 10.1 Å². The van der Waals surface area contributed by atoms with Crippen LogP contribution in [0.2, 0.25) is 0 Å². The van der Waals surface area contributed by atoms with Gasteiger partial charge in [-0.05, 0) is 28.1 Å². The summed E-state index contributed by atoms with van der Waals surface area (Å²) in [6, 6.07) is 5.07. The summed E-state index contributed by atoms with van der Waals surface area (Å²) in [6.45, 7) is -0.177. The highest BCUT2D eigenvalue weighted by Crippen LogP contribution is 2.25. The normalized spacial score (nSPS) is 9.69. The van der Waals surface area contributed by atoms with Crippen molar-refractivity contribution in [2.75, 3.05) is 7.11 Å². The van der Waals surface area contributed by atoms with Crippen molar-refractivity contribution in [2.24, 2.45) is 0 Å². The van der Waals surface area contributed by atoms with Crippen LogP contribution in [0.3, 0.4) is 0 Å². The summed E-state index contributed by atoms with van der Waals surface area (Å²) < 4.78 is 5.79. The zero-order valence-electron chi connectivity index (χ0n) is 6.99. The van der Waals surface area contributed by atoms with Crippen LogP contribution in [0.5, 0.6) is 5.75 Å². The highest BCUT2D eigenvalue weighted by atomic mass is 79.9. The fourth-order valence-electron chi connectivity index (χ4n) is 0.952. The Bertz CT molecular complexity index is 327. The molecule has 0 aromatic heterocycles. The SMILES string of the molecule is COc1cc(C[N+](=O)[O-])ccc1Br. The Kier molecular flexibility index (Phi) is 3.25. The van der Waals surface area contributed by atoms with Crippen molar-refractivity contribution >= 4 is 15.9 Å². The average molecular weight is 246 g/mol. The Morgan fingerprint density at radius 3 is 2.85 bits per heavy atom. The topological polar surface area (TPSA) is 52.4 Å². The van der Waals surface area contributed by atoms with E-state index in [2.05, 4.69) is 15.9 Å². The average Bonchev–Trinajstić information content (AvgIpc) is 2.07. The first-order valence-corrected chi connectivity index (χ1v) is 4.37. The van der Waals surface area contributed by atoms with E-state index in [0.717, 1.165) is 4.47 Å². The van der Waals surface area contributed by atoms with Crippen LogP contribution in [-0.4, -0.2) is 12.0 Å². The summed E-state index contributed by atoms with van der Waals surface area (Å²) in [5.41, 5.74) is 0.630. The number of nitro groups is 1. The van der Waals surface area contributed by atoms with E-state index in [1.807, 2.05) is 0 Å². The first-order valence-electron chi connectivity index (χ1n) is 3.57. The molecule has 0 radical (unpaired) electrons. The van der Waals surface area contributed by atoms with Crippen LogP contribution in [0.15, 0.2) is 22.7 Å². The summed E-state index contributed by atoms with van der Waals surface area (Å²) in [7, 11) is 1.52. The molecule has 13 heavy (non-hydrogen) atoms. The van der Waals surface area contributed by atoms with E-state index in [0.29, 0.717) is 11.3 Å². The third-order valence-corrected chi connectivity index (χ3v) is 2.18. The smallest absolute Gasteiger partial charge is 0.229 e. The summed E-state index contributed by atoms with van der Waals surface area (Å²) >= 11 is 3.26. The molecular weight excluding hydrogens is 238 g/mol. The van der Waals surface area contributed by atoms with Gasteiger partial charge >= 0.3 is 0 Å². The maximum atomic E-state index is 10.2. The van der Waals surface area contributed by atoms with Gasteiger partial charge in [-0.2, -0.15) is 0 Å². The fourth-order valence-corrected chi connectivity index (χ4v) is 1.36. The lowest BCUT2D eigenvalue weighted by atomic mass is 10.2. The molecule has 0 aliphatic carbocycles. The number of nitrogens with zero attached hydrogens (tertiary/aromatic N) is 1. The zero-order valence-corrected chi connectivity index (χ0v) is 8.58. The lowest BCUT2D eigenvalue weighted by Gasteiger charge is -2.03. The zero-order chi connectivity index (χ0) is 9.84. The molecule has 1 aromatic rings. The van der Waals surface area contributed by atoms with Crippen molar-refractivity contribution in [2.45, 2.75) is 6.54 Å². The van der Waals surface area contributed by atoms with Gasteiger partial charge in [0.1, 0.15) is 5.75 Å². The Morgan fingerprint density at radius 2 is 2.31 bits per heavy atom. The number of benzene rings is 1. The fraction of sp³-hybridized carbons (Fsp3) is 0.250. The highest BCUT2D eigenvalue weighted by Gasteiger charge is 2.05. The molecule has 0 amide bonds. The summed E-state index contributed by atoms with van der Waals surface area (Å²) in [5, 5.41) is 10.2. The molecule has 0 fully saturated rings. The van der Waals surface area contributed by atoms with E-state index in [9.17, 15) is 10.1 Å². The van der Waals surface area contributed by atoms with Crippen molar-refractivity contribution in [3.05, 3.63) is 38.3 Å². The monoisotopic (exact) mass is 245 g/mol. The van der Waals surface area contributed by atoms with Crippen molar-refractivity contribution in [1.82, 2.24) is 0 Å². The Balaban J connectivity index is 2.92. The molecule has 0 atom stereocenters. The van der Waals surface area contributed by atoms with E-state index in [-0.39, 0.29) is 11.5 Å². The van der Waals surface area contributed by atoms with Crippen molar-refractivity contribution in [3.8, 4) is 5.75 Å². The number of halogens is 1. The number of hydrogen-bond donors (Lipinski definition) is 0. The number of methoxy groups -OCH3 is 1. The van der Waals surface area contributed by atoms with Gasteiger partial charge in [0.2, 0.25) is 6.54 Å². The van der Waals surface area contributed by atoms with Crippen molar-refractivity contribution < 1.29 is 9.66 Å². The summed E-state index contributed by atoms with van der Waals surface area (Å²) in [5.74, 6) is 0.611. The largest absolute Gasteiger partial charge is 0.496 e. The molecule has 0 saturated heterocycles. The molecule has 0 spiro atoms. The van der Waals surface area contributed by atoms with Crippen LogP contribution in [0.4, 0.5) is 0 Å². The van der Waals surface area contributed by atoms with Crippen LogP contribution in [0.1, 0.15) is 5.56 Å². The second-order valence-electron chi connectivity index (χ2n) is 2.46. The van der Waals surface area contributed by atoms with Gasteiger partial charge in [-0.1, -0.05) is 6.07 Å². The van der Waals surface area contributed by atoms with E-state index in [1.54, 1.807) is 18.2 Å². The molecule has 0 aliphatic heterocycles. The molecular formula is C8H8BrNO3. The quantitative estimate of drug-likeness (QED) is 0.607. The molecule has 0 aliphatic rings. The Morgan fingerprint density at radius 1 is 1.62 bits per heavy atom. The molecule has 0 heterocycles. The molecule has 1 rings (SSSR count). The van der Waals surface area contributed by atoms with Crippen LogP contribution in [-0.2, 0) is 6.54 Å². The molecule has 0 saturated carbocycles. The molecule has 0 unspecified atom stereocenters. The third kappa shape index (κ3) is 2.69. The predicted octanol–water partition coefficient (Wildman–Crippen LogP) is 2.23.